The van der Waals surface area contributed by atoms with E-state index in [-0.39, 0.29) is 41.9 Å². The minimum absolute atomic E-state index is 0. The summed E-state index contributed by atoms with van der Waals surface area (Å²) >= 11 is 12.6. The fourth-order valence-electron chi connectivity index (χ4n) is 3.21. The number of aliphatic hydroxyl groups is 1. The number of ether oxygens (including phenoxy) is 1. The molecule has 1 fully saturated rings. The zero-order chi connectivity index (χ0) is 19.0. The van der Waals surface area contributed by atoms with Crippen LogP contribution in [0.25, 0.3) is 0 Å². The molecule has 1 heterocycles. The number of nitrogens with one attached hydrogen (secondary N) is 2. The van der Waals surface area contributed by atoms with Gasteiger partial charge in [-0.15, -0.1) is 24.0 Å². The Morgan fingerprint density at radius 3 is 2.59 bits per heavy atom. The smallest absolute Gasteiger partial charge is 0.191 e. The van der Waals surface area contributed by atoms with Crippen LogP contribution in [0.1, 0.15) is 38.2 Å². The van der Waals surface area contributed by atoms with Crippen molar-refractivity contribution >= 4 is 53.1 Å². The number of hydrogen-bond acceptors (Lipinski definition) is 3. The molecule has 2 unspecified atom stereocenters. The predicted molar refractivity (Wildman–Crippen MR) is 124 cm³/mol. The summed E-state index contributed by atoms with van der Waals surface area (Å²) < 4.78 is 5.54. The van der Waals surface area contributed by atoms with Gasteiger partial charge in [0, 0.05) is 47.7 Å². The van der Waals surface area contributed by atoms with E-state index in [0.717, 1.165) is 31.1 Å². The van der Waals surface area contributed by atoms with E-state index in [1.807, 2.05) is 25.1 Å². The molecule has 0 bridgehead atoms. The molecule has 2 atom stereocenters. The third kappa shape index (κ3) is 7.24. The Hall–Kier alpha value is -0.280. The Labute approximate surface area is 189 Å². The van der Waals surface area contributed by atoms with Crippen molar-refractivity contribution in [1.82, 2.24) is 10.6 Å². The first kappa shape index (κ1) is 24.8. The molecule has 5 nitrogen and oxygen atoms in total. The third-order valence-electron chi connectivity index (χ3n) is 4.81. The van der Waals surface area contributed by atoms with Gasteiger partial charge in [-0.25, -0.2) is 0 Å². The van der Waals surface area contributed by atoms with Crippen molar-refractivity contribution in [2.75, 3.05) is 39.5 Å². The minimum atomic E-state index is -0.0608. The molecule has 0 radical (unpaired) electrons. The number of halogens is 3. The summed E-state index contributed by atoms with van der Waals surface area (Å²) in [4.78, 5) is 4.73. The Morgan fingerprint density at radius 1 is 1.33 bits per heavy atom. The number of hydrogen-bond donors (Lipinski definition) is 3. The second-order valence-electron chi connectivity index (χ2n) is 6.89. The fraction of sp³-hybridized carbons (Fsp3) is 0.632. The lowest BCUT2D eigenvalue weighted by atomic mass is 9.84. The molecule has 3 N–H and O–H groups in total. The van der Waals surface area contributed by atoms with Crippen LogP contribution in [0.15, 0.2) is 23.2 Å². The molecule has 154 valence electrons. The van der Waals surface area contributed by atoms with E-state index < -0.39 is 0 Å². The van der Waals surface area contributed by atoms with E-state index in [4.69, 9.17) is 32.9 Å². The zero-order valence-corrected chi connectivity index (χ0v) is 19.8. The van der Waals surface area contributed by atoms with Gasteiger partial charge < -0.3 is 20.5 Å². The number of benzene rings is 1. The van der Waals surface area contributed by atoms with Gasteiger partial charge in [-0.1, -0.05) is 36.2 Å². The molecule has 27 heavy (non-hydrogen) atoms. The fourth-order valence-corrected chi connectivity index (χ4v) is 3.98. The Kier molecular flexibility index (Phi) is 11.3. The Morgan fingerprint density at radius 2 is 2.04 bits per heavy atom. The molecule has 1 saturated heterocycles. The topological polar surface area (TPSA) is 65.9 Å². The van der Waals surface area contributed by atoms with E-state index in [1.165, 1.54) is 0 Å². The molecule has 1 aliphatic heterocycles. The van der Waals surface area contributed by atoms with Gasteiger partial charge in [-0.3, -0.25) is 4.99 Å². The third-order valence-corrected chi connectivity index (χ3v) is 5.47. The van der Waals surface area contributed by atoms with Crippen LogP contribution in [0, 0.1) is 5.41 Å². The molecule has 8 heteroatoms. The lowest BCUT2D eigenvalue weighted by Gasteiger charge is -2.25. The normalized spacial score (nSPS) is 20.9. The second-order valence-corrected chi connectivity index (χ2v) is 7.70. The van der Waals surface area contributed by atoms with Gasteiger partial charge in [0.05, 0.1) is 13.2 Å². The predicted octanol–water partition coefficient (Wildman–Crippen LogP) is 4.06. The Balaban J connectivity index is 0.00000364. The largest absolute Gasteiger partial charge is 0.396 e. The van der Waals surface area contributed by atoms with Gasteiger partial charge in [0.2, 0.25) is 0 Å². The molecular formula is C19H30Cl2IN3O2. The highest BCUT2D eigenvalue weighted by Gasteiger charge is 2.34. The maximum atomic E-state index is 9.35. The van der Waals surface area contributed by atoms with Crippen LogP contribution in [0.2, 0.25) is 10.0 Å². The molecule has 1 aliphatic rings. The summed E-state index contributed by atoms with van der Waals surface area (Å²) in [6.45, 7) is 7.74. The summed E-state index contributed by atoms with van der Waals surface area (Å²) in [5.41, 5.74) is 0.884. The zero-order valence-electron chi connectivity index (χ0n) is 15.9. The van der Waals surface area contributed by atoms with Crippen LogP contribution in [0.5, 0.6) is 0 Å². The number of aliphatic hydroxyl groups excluding tert-OH is 1. The average molecular weight is 530 g/mol. The van der Waals surface area contributed by atoms with Gasteiger partial charge in [0.15, 0.2) is 5.96 Å². The molecular weight excluding hydrogens is 500 g/mol. The highest BCUT2D eigenvalue weighted by Crippen LogP contribution is 2.33. The van der Waals surface area contributed by atoms with Gasteiger partial charge in [-0.05, 0) is 37.5 Å². The first-order valence-electron chi connectivity index (χ1n) is 9.16. The molecule has 0 amide bonds. The van der Waals surface area contributed by atoms with Crippen LogP contribution in [0.4, 0.5) is 0 Å². The number of guanidine groups is 1. The monoisotopic (exact) mass is 529 g/mol. The van der Waals surface area contributed by atoms with Crippen LogP contribution in [-0.4, -0.2) is 50.5 Å². The first-order chi connectivity index (χ1) is 12.5. The van der Waals surface area contributed by atoms with Crippen LogP contribution in [0.3, 0.4) is 0 Å². The van der Waals surface area contributed by atoms with E-state index in [1.54, 1.807) is 0 Å². The molecule has 0 spiro atoms. The molecule has 2 rings (SSSR count). The number of nitrogens with zero attached hydrogens (tertiary/aromatic N) is 1. The molecule has 1 aromatic carbocycles. The summed E-state index contributed by atoms with van der Waals surface area (Å²) in [5, 5.41) is 17.4. The van der Waals surface area contributed by atoms with Crippen molar-refractivity contribution < 1.29 is 9.84 Å². The SMILES string of the molecule is CCNC(=NCC1(CCO)CCOC1)NCC(C)c1c(Cl)cccc1Cl.I. The van der Waals surface area contributed by atoms with Gasteiger partial charge in [-0.2, -0.15) is 0 Å². The van der Waals surface area contributed by atoms with Crippen LogP contribution in [-0.2, 0) is 4.74 Å². The van der Waals surface area contributed by atoms with Gasteiger partial charge in [0.25, 0.3) is 0 Å². The van der Waals surface area contributed by atoms with E-state index in [9.17, 15) is 5.11 Å². The van der Waals surface area contributed by atoms with Crippen molar-refractivity contribution in [3.05, 3.63) is 33.8 Å². The van der Waals surface area contributed by atoms with Crippen LogP contribution < -0.4 is 10.6 Å². The molecule has 0 aromatic heterocycles. The highest BCUT2D eigenvalue weighted by molar-refractivity contribution is 14.0. The summed E-state index contributed by atoms with van der Waals surface area (Å²) in [6.07, 6.45) is 1.64. The van der Waals surface area contributed by atoms with Crippen molar-refractivity contribution in [3.63, 3.8) is 0 Å². The second kappa shape index (κ2) is 12.3. The first-order valence-corrected chi connectivity index (χ1v) is 9.91. The van der Waals surface area contributed by atoms with Gasteiger partial charge >= 0.3 is 0 Å². The maximum absolute atomic E-state index is 9.35. The standard InChI is InChI=1S/C19H29Cl2N3O2.HI/c1-3-22-18(24-12-19(7-9-25)8-10-26-13-19)23-11-14(2)17-15(20)5-4-6-16(17)21;/h4-6,14,25H,3,7-13H2,1-2H3,(H2,22,23,24);1H. The van der Waals surface area contributed by atoms with E-state index >= 15 is 0 Å². The van der Waals surface area contributed by atoms with E-state index in [2.05, 4.69) is 17.6 Å². The maximum Gasteiger partial charge on any atom is 0.191 e. The van der Waals surface area contributed by atoms with Crippen molar-refractivity contribution in [2.24, 2.45) is 10.4 Å². The van der Waals surface area contributed by atoms with Crippen molar-refractivity contribution in [1.29, 1.82) is 0 Å². The minimum Gasteiger partial charge on any atom is -0.396 e. The summed E-state index contributed by atoms with van der Waals surface area (Å²) in [7, 11) is 0. The number of aliphatic imine (C=N–C) groups is 1. The van der Waals surface area contributed by atoms with Crippen molar-refractivity contribution in [3.8, 4) is 0 Å². The van der Waals surface area contributed by atoms with Crippen LogP contribution >= 0.6 is 47.2 Å². The Bertz CT molecular complexity index is 590. The lowest BCUT2D eigenvalue weighted by Crippen LogP contribution is -2.40. The highest BCUT2D eigenvalue weighted by atomic mass is 127. The molecule has 0 saturated carbocycles. The van der Waals surface area contributed by atoms with Crippen molar-refractivity contribution in [2.45, 2.75) is 32.6 Å². The lowest BCUT2D eigenvalue weighted by molar-refractivity contribution is 0.131. The number of rotatable bonds is 8. The molecule has 0 aliphatic carbocycles. The summed E-state index contributed by atoms with van der Waals surface area (Å²) in [5.74, 6) is 0.896. The van der Waals surface area contributed by atoms with E-state index in [0.29, 0.717) is 36.2 Å². The van der Waals surface area contributed by atoms with Gasteiger partial charge in [0.1, 0.15) is 0 Å². The quantitative estimate of drug-likeness (QED) is 0.270. The molecule has 1 aromatic rings. The summed E-state index contributed by atoms with van der Waals surface area (Å²) in [6, 6.07) is 5.57. The average Bonchev–Trinajstić information content (AvgIpc) is 3.06.